The second kappa shape index (κ2) is 7.82. The number of ether oxygens (including phenoxy) is 2. The Kier molecular flexibility index (Phi) is 5.01. The molecule has 0 atom stereocenters. The zero-order chi connectivity index (χ0) is 20.7. The predicted octanol–water partition coefficient (Wildman–Crippen LogP) is 3.33. The third kappa shape index (κ3) is 3.38. The first-order chi connectivity index (χ1) is 14.6. The summed E-state index contributed by atoms with van der Waals surface area (Å²) in [5.74, 6) is 0.152. The number of nitrogens with zero attached hydrogens (tertiary/aromatic N) is 2. The highest BCUT2D eigenvalue weighted by molar-refractivity contribution is 7.17. The predicted molar refractivity (Wildman–Crippen MR) is 115 cm³/mol. The molecule has 2 aromatic heterocycles. The van der Waals surface area contributed by atoms with Crippen molar-refractivity contribution in [1.82, 2.24) is 9.27 Å². The Morgan fingerprint density at radius 3 is 2.63 bits per heavy atom. The van der Waals surface area contributed by atoms with Crippen LogP contribution in [0.5, 0.6) is 10.8 Å². The number of thiophene rings is 1. The summed E-state index contributed by atoms with van der Waals surface area (Å²) < 4.78 is 15.8. The van der Waals surface area contributed by atoms with Crippen LogP contribution in [0.3, 0.4) is 0 Å². The number of rotatable bonds is 4. The minimum Gasteiger partial charge on any atom is -0.446 e. The van der Waals surface area contributed by atoms with Gasteiger partial charge < -0.3 is 20.1 Å². The SMILES string of the molecule is NC(=O)c1sc(Oc2ccc(C(=O)N3CCOCC3)cc2)c2c1CCc1cnsc1-2. The van der Waals surface area contributed by atoms with Crippen molar-refractivity contribution in [3.05, 3.63) is 52.0 Å². The van der Waals surface area contributed by atoms with Crippen molar-refractivity contribution >= 4 is 34.7 Å². The molecule has 0 bridgehead atoms. The minimum absolute atomic E-state index is 0.0105. The highest BCUT2D eigenvalue weighted by atomic mass is 32.1. The Morgan fingerprint density at radius 1 is 1.13 bits per heavy atom. The second-order valence-electron chi connectivity index (χ2n) is 7.15. The molecule has 30 heavy (non-hydrogen) atoms. The van der Waals surface area contributed by atoms with E-state index in [2.05, 4.69) is 4.37 Å². The Balaban J connectivity index is 1.43. The molecule has 1 aliphatic carbocycles. The van der Waals surface area contributed by atoms with Gasteiger partial charge in [-0.15, -0.1) is 0 Å². The van der Waals surface area contributed by atoms with Crippen LogP contribution in [0.25, 0.3) is 10.4 Å². The number of aromatic nitrogens is 1. The summed E-state index contributed by atoms with van der Waals surface area (Å²) in [6, 6.07) is 7.08. The number of primary amides is 1. The molecule has 3 aromatic rings. The van der Waals surface area contributed by atoms with Crippen molar-refractivity contribution in [3.8, 4) is 21.3 Å². The molecule has 2 N–H and O–H groups in total. The highest BCUT2D eigenvalue weighted by Crippen LogP contribution is 2.49. The zero-order valence-corrected chi connectivity index (χ0v) is 17.7. The summed E-state index contributed by atoms with van der Waals surface area (Å²) in [6.07, 6.45) is 3.46. The first kappa shape index (κ1) is 19.2. The number of nitrogens with two attached hydrogens (primary N) is 1. The lowest BCUT2D eigenvalue weighted by Crippen LogP contribution is -2.40. The molecule has 5 rings (SSSR count). The molecule has 0 saturated carbocycles. The molecule has 3 heterocycles. The smallest absolute Gasteiger partial charge is 0.259 e. The van der Waals surface area contributed by atoms with E-state index >= 15 is 0 Å². The van der Waals surface area contributed by atoms with Crippen LogP contribution in [-0.2, 0) is 17.6 Å². The molecule has 1 saturated heterocycles. The summed E-state index contributed by atoms with van der Waals surface area (Å²) >= 11 is 2.68. The van der Waals surface area contributed by atoms with Crippen LogP contribution in [0.15, 0.2) is 30.5 Å². The van der Waals surface area contributed by atoms with Gasteiger partial charge in [0.2, 0.25) is 0 Å². The van der Waals surface area contributed by atoms with E-state index in [0.717, 1.165) is 34.4 Å². The van der Waals surface area contributed by atoms with E-state index in [1.54, 1.807) is 29.2 Å². The number of hydrogen-bond donors (Lipinski definition) is 1. The summed E-state index contributed by atoms with van der Waals surface area (Å²) in [4.78, 5) is 28.0. The van der Waals surface area contributed by atoms with Crippen LogP contribution in [0.4, 0.5) is 0 Å². The van der Waals surface area contributed by atoms with Crippen LogP contribution in [-0.4, -0.2) is 47.4 Å². The number of amides is 2. The van der Waals surface area contributed by atoms with Gasteiger partial charge in [-0.3, -0.25) is 9.59 Å². The molecule has 0 unspecified atom stereocenters. The van der Waals surface area contributed by atoms with Crippen molar-refractivity contribution in [2.75, 3.05) is 26.3 Å². The molecule has 7 nitrogen and oxygen atoms in total. The quantitative estimate of drug-likeness (QED) is 0.670. The first-order valence-electron chi connectivity index (χ1n) is 9.66. The van der Waals surface area contributed by atoms with Crippen molar-refractivity contribution in [2.24, 2.45) is 5.73 Å². The van der Waals surface area contributed by atoms with E-state index in [1.165, 1.54) is 22.9 Å². The Hall–Kier alpha value is -2.75. The summed E-state index contributed by atoms with van der Waals surface area (Å²) in [6.45, 7) is 2.34. The Bertz CT molecular complexity index is 1110. The van der Waals surface area contributed by atoms with E-state index in [-0.39, 0.29) is 5.91 Å². The average molecular weight is 442 g/mol. The lowest BCUT2D eigenvalue weighted by atomic mass is 9.93. The molecule has 0 radical (unpaired) electrons. The first-order valence-corrected chi connectivity index (χ1v) is 11.2. The van der Waals surface area contributed by atoms with Gasteiger partial charge in [-0.1, -0.05) is 11.3 Å². The van der Waals surface area contributed by atoms with Crippen molar-refractivity contribution in [2.45, 2.75) is 12.8 Å². The van der Waals surface area contributed by atoms with Gasteiger partial charge in [-0.25, -0.2) is 4.37 Å². The zero-order valence-electron chi connectivity index (χ0n) is 16.1. The monoisotopic (exact) mass is 441 g/mol. The highest BCUT2D eigenvalue weighted by Gasteiger charge is 2.30. The fourth-order valence-electron chi connectivity index (χ4n) is 3.81. The summed E-state index contributed by atoms with van der Waals surface area (Å²) in [7, 11) is 0. The van der Waals surface area contributed by atoms with Crippen LogP contribution in [0, 0.1) is 0 Å². The van der Waals surface area contributed by atoms with Crippen LogP contribution >= 0.6 is 22.9 Å². The molecule has 154 valence electrons. The molecular formula is C21H19N3O4S2. The lowest BCUT2D eigenvalue weighted by Gasteiger charge is -2.26. The summed E-state index contributed by atoms with van der Waals surface area (Å²) in [5.41, 5.74) is 9.26. The number of hydrogen-bond acceptors (Lipinski definition) is 7. The topological polar surface area (TPSA) is 94.8 Å². The number of benzene rings is 1. The van der Waals surface area contributed by atoms with E-state index in [9.17, 15) is 9.59 Å². The maximum atomic E-state index is 12.6. The fraction of sp³-hybridized carbons (Fsp3) is 0.286. The van der Waals surface area contributed by atoms with Gasteiger partial charge in [0, 0.05) is 24.8 Å². The summed E-state index contributed by atoms with van der Waals surface area (Å²) in [5, 5.41) is 0.635. The lowest BCUT2D eigenvalue weighted by molar-refractivity contribution is 0.0303. The van der Waals surface area contributed by atoms with E-state index in [0.29, 0.717) is 47.6 Å². The van der Waals surface area contributed by atoms with E-state index < -0.39 is 5.91 Å². The van der Waals surface area contributed by atoms with Crippen LogP contribution in [0.1, 0.15) is 31.2 Å². The average Bonchev–Trinajstić information content (AvgIpc) is 3.39. The van der Waals surface area contributed by atoms with Gasteiger partial charge in [-0.05, 0) is 59.8 Å². The van der Waals surface area contributed by atoms with Crippen LogP contribution < -0.4 is 10.5 Å². The van der Waals surface area contributed by atoms with Gasteiger partial charge in [0.15, 0.2) is 5.06 Å². The minimum atomic E-state index is -0.439. The van der Waals surface area contributed by atoms with Crippen molar-refractivity contribution in [3.63, 3.8) is 0 Å². The third-order valence-electron chi connectivity index (χ3n) is 5.32. The standard InChI is InChI=1S/C21H19N3O4S2/c22-19(25)18-15-6-3-13-11-23-30-17(13)16(15)21(29-18)28-14-4-1-12(2-5-14)20(26)24-7-9-27-10-8-24/h1-2,4-5,11H,3,6-10H2,(H2,22,25). The van der Waals surface area contributed by atoms with Gasteiger partial charge in [0.25, 0.3) is 11.8 Å². The number of carbonyl (C=O) groups excluding carboxylic acids is 2. The van der Waals surface area contributed by atoms with Gasteiger partial charge in [0.05, 0.1) is 28.5 Å². The number of fused-ring (bicyclic) bond motifs is 3. The number of aryl methyl sites for hydroxylation is 1. The molecular weight excluding hydrogens is 422 g/mol. The van der Waals surface area contributed by atoms with Crippen molar-refractivity contribution in [1.29, 1.82) is 0 Å². The number of carbonyl (C=O) groups is 2. The van der Waals surface area contributed by atoms with E-state index in [1.807, 2.05) is 6.20 Å². The second-order valence-corrected chi connectivity index (χ2v) is 8.93. The molecule has 2 amide bonds. The molecule has 0 spiro atoms. The van der Waals surface area contributed by atoms with Gasteiger partial charge in [-0.2, -0.15) is 0 Å². The van der Waals surface area contributed by atoms with E-state index in [4.69, 9.17) is 15.2 Å². The third-order valence-corrected chi connectivity index (χ3v) is 7.31. The largest absolute Gasteiger partial charge is 0.446 e. The molecule has 1 aromatic carbocycles. The van der Waals surface area contributed by atoms with Crippen molar-refractivity contribution < 1.29 is 19.1 Å². The fourth-order valence-corrected chi connectivity index (χ4v) is 5.81. The number of morpholine rings is 1. The molecule has 9 heteroatoms. The maximum absolute atomic E-state index is 12.6. The maximum Gasteiger partial charge on any atom is 0.259 e. The molecule has 1 aliphatic heterocycles. The van der Waals surface area contributed by atoms with Crippen LogP contribution in [0.2, 0.25) is 0 Å². The normalized spacial score (nSPS) is 15.4. The molecule has 2 aliphatic rings. The molecule has 1 fully saturated rings. The van der Waals surface area contributed by atoms with Gasteiger partial charge in [0.1, 0.15) is 5.75 Å². The Labute approximate surface area is 181 Å². The Morgan fingerprint density at radius 2 is 1.90 bits per heavy atom. The van der Waals surface area contributed by atoms with Gasteiger partial charge >= 0.3 is 0 Å².